The standard InChI is InChI=1S/C40H31N3/c1-28-13-18-33(19-14-28)42(34-20-15-29(2)16-21-34)35-22-24-38-37(27-35)36-23-17-30-25-26-41(31-9-5-3-6-10-31)39(30)40(36)43(38)32-11-7-4-8-12-32/h3-27H,1-2H3. The van der Waals surface area contributed by atoms with Crippen molar-refractivity contribution >= 4 is 49.8 Å². The lowest BCUT2D eigenvalue weighted by molar-refractivity contribution is 1.12. The maximum absolute atomic E-state index is 2.43. The van der Waals surface area contributed by atoms with Gasteiger partial charge in [-0.1, -0.05) is 83.9 Å². The molecule has 6 aromatic carbocycles. The molecule has 3 nitrogen and oxygen atoms in total. The summed E-state index contributed by atoms with van der Waals surface area (Å²) in [5.41, 5.74) is 11.8. The van der Waals surface area contributed by atoms with Gasteiger partial charge in [0.15, 0.2) is 0 Å². The molecule has 8 aromatic rings. The summed E-state index contributed by atoms with van der Waals surface area (Å²) >= 11 is 0. The Bertz CT molecular complexity index is 2180. The number of rotatable bonds is 5. The van der Waals surface area contributed by atoms with Crippen molar-refractivity contribution in [1.82, 2.24) is 9.13 Å². The molecule has 8 rings (SSSR count). The fourth-order valence-corrected chi connectivity index (χ4v) is 6.33. The first-order chi connectivity index (χ1) is 21.2. The first-order valence-electron chi connectivity index (χ1n) is 14.8. The van der Waals surface area contributed by atoms with E-state index in [2.05, 4.69) is 180 Å². The fourth-order valence-electron chi connectivity index (χ4n) is 6.33. The van der Waals surface area contributed by atoms with Crippen LogP contribution in [-0.4, -0.2) is 9.13 Å². The van der Waals surface area contributed by atoms with Crippen LogP contribution in [0.25, 0.3) is 44.1 Å². The van der Waals surface area contributed by atoms with Crippen LogP contribution in [0.1, 0.15) is 11.1 Å². The van der Waals surface area contributed by atoms with Crippen molar-refractivity contribution in [3.05, 3.63) is 163 Å². The van der Waals surface area contributed by atoms with E-state index in [0.29, 0.717) is 0 Å². The SMILES string of the molecule is Cc1ccc(N(c2ccc(C)cc2)c2ccc3c(c2)c2ccc4ccn(-c5ccccc5)c4c2n3-c2ccccc2)cc1. The molecule has 0 N–H and O–H groups in total. The summed E-state index contributed by atoms with van der Waals surface area (Å²) in [5.74, 6) is 0. The van der Waals surface area contributed by atoms with Gasteiger partial charge < -0.3 is 14.0 Å². The summed E-state index contributed by atoms with van der Waals surface area (Å²) < 4.78 is 4.75. The number of aromatic nitrogens is 2. The maximum Gasteiger partial charge on any atom is 0.0788 e. The molecule has 0 aliphatic carbocycles. The van der Waals surface area contributed by atoms with Crippen molar-refractivity contribution in [2.24, 2.45) is 0 Å². The minimum atomic E-state index is 1.13. The first-order valence-corrected chi connectivity index (χ1v) is 14.8. The van der Waals surface area contributed by atoms with Crippen molar-refractivity contribution in [3.8, 4) is 11.4 Å². The molecule has 0 spiro atoms. The van der Waals surface area contributed by atoms with E-state index >= 15 is 0 Å². The third-order valence-corrected chi connectivity index (χ3v) is 8.45. The van der Waals surface area contributed by atoms with Crippen LogP contribution in [0.2, 0.25) is 0 Å². The van der Waals surface area contributed by atoms with Crippen molar-refractivity contribution in [3.63, 3.8) is 0 Å². The molecule has 0 fully saturated rings. The molecular weight excluding hydrogens is 522 g/mol. The van der Waals surface area contributed by atoms with Gasteiger partial charge in [-0.05, 0) is 86.6 Å². The molecule has 0 unspecified atom stereocenters. The zero-order chi connectivity index (χ0) is 28.9. The molecule has 43 heavy (non-hydrogen) atoms. The van der Waals surface area contributed by atoms with Gasteiger partial charge in [-0.3, -0.25) is 0 Å². The minimum absolute atomic E-state index is 1.13. The Hall–Kier alpha value is -5.54. The second-order valence-electron chi connectivity index (χ2n) is 11.3. The van der Waals surface area contributed by atoms with E-state index in [-0.39, 0.29) is 0 Å². The highest BCUT2D eigenvalue weighted by Gasteiger charge is 2.20. The van der Waals surface area contributed by atoms with Gasteiger partial charge in [0.1, 0.15) is 0 Å². The zero-order valence-corrected chi connectivity index (χ0v) is 24.3. The molecule has 0 atom stereocenters. The van der Waals surface area contributed by atoms with Crippen LogP contribution >= 0.6 is 0 Å². The number of hydrogen-bond acceptors (Lipinski definition) is 1. The summed E-state index contributed by atoms with van der Waals surface area (Å²) in [4.78, 5) is 2.36. The third kappa shape index (κ3) is 4.21. The molecule has 0 aliphatic heterocycles. The van der Waals surface area contributed by atoms with Crippen LogP contribution in [-0.2, 0) is 0 Å². The Morgan fingerprint density at radius 3 is 1.67 bits per heavy atom. The normalized spacial score (nSPS) is 11.5. The molecule has 0 amide bonds. The van der Waals surface area contributed by atoms with Gasteiger partial charge in [0.2, 0.25) is 0 Å². The van der Waals surface area contributed by atoms with Crippen LogP contribution in [0.15, 0.2) is 152 Å². The van der Waals surface area contributed by atoms with E-state index in [4.69, 9.17) is 0 Å². The smallest absolute Gasteiger partial charge is 0.0788 e. The average Bonchev–Trinajstić information content (AvgIpc) is 3.63. The summed E-state index contributed by atoms with van der Waals surface area (Å²) in [6.07, 6.45) is 2.19. The Labute approximate surface area is 251 Å². The van der Waals surface area contributed by atoms with E-state index in [0.717, 1.165) is 28.4 Å². The Morgan fingerprint density at radius 1 is 0.465 bits per heavy atom. The molecule has 0 saturated heterocycles. The second kappa shape index (κ2) is 10.1. The number of aryl methyl sites for hydroxylation is 2. The van der Waals surface area contributed by atoms with Crippen LogP contribution in [0.4, 0.5) is 17.1 Å². The maximum atomic E-state index is 2.43. The first kappa shape index (κ1) is 25.2. The summed E-state index contributed by atoms with van der Waals surface area (Å²) in [6.45, 7) is 4.27. The van der Waals surface area contributed by atoms with Crippen molar-refractivity contribution in [2.75, 3.05) is 4.90 Å². The number of nitrogens with zero attached hydrogens (tertiary/aromatic N) is 3. The van der Waals surface area contributed by atoms with Crippen LogP contribution in [0.3, 0.4) is 0 Å². The summed E-state index contributed by atoms with van der Waals surface area (Å²) in [5, 5.41) is 3.68. The van der Waals surface area contributed by atoms with E-state index in [9.17, 15) is 0 Å². The molecule has 3 heteroatoms. The van der Waals surface area contributed by atoms with Gasteiger partial charge in [-0.15, -0.1) is 0 Å². The molecular formula is C40H31N3. The van der Waals surface area contributed by atoms with E-state index in [1.807, 2.05) is 0 Å². The van der Waals surface area contributed by atoms with Gasteiger partial charge in [-0.2, -0.15) is 0 Å². The summed E-state index contributed by atoms with van der Waals surface area (Å²) in [7, 11) is 0. The van der Waals surface area contributed by atoms with Gasteiger partial charge in [0.05, 0.1) is 16.6 Å². The van der Waals surface area contributed by atoms with Crippen molar-refractivity contribution in [1.29, 1.82) is 0 Å². The lowest BCUT2D eigenvalue weighted by Crippen LogP contribution is -2.09. The fraction of sp³-hybridized carbons (Fsp3) is 0.0500. The zero-order valence-electron chi connectivity index (χ0n) is 24.3. The number of fused-ring (bicyclic) bond motifs is 5. The molecule has 206 valence electrons. The number of hydrogen-bond donors (Lipinski definition) is 0. The Balaban J connectivity index is 1.45. The highest BCUT2D eigenvalue weighted by atomic mass is 15.1. The van der Waals surface area contributed by atoms with Crippen molar-refractivity contribution < 1.29 is 0 Å². The van der Waals surface area contributed by atoms with Gasteiger partial charge >= 0.3 is 0 Å². The minimum Gasteiger partial charge on any atom is -0.315 e. The predicted molar refractivity (Wildman–Crippen MR) is 182 cm³/mol. The number of para-hydroxylation sites is 2. The Kier molecular flexibility index (Phi) is 5.90. The average molecular weight is 554 g/mol. The van der Waals surface area contributed by atoms with Crippen LogP contribution in [0, 0.1) is 13.8 Å². The lowest BCUT2D eigenvalue weighted by atomic mass is 10.1. The monoisotopic (exact) mass is 553 g/mol. The van der Waals surface area contributed by atoms with E-state index < -0.39 is 0 Å². The largest absolute Gasteiger partial charge is 0.315 e. The van der Waals surface area contributed by atoms with E-state index in [1.165, 1.54) is 43.8 Å². The molecule has 0 bridgehead atoms. The van der Waals surface area contributed by atoms with Gasteiger partial charge in [-0.25, -0.2) is 0 Å². The molecule has 0 aliphatic rings. The van der Waals surface area contributed by atoms with Crippen molar-refractivity contribution in [2.45, 2.75) is 13.8 Å². The lowest BCUT2D eigenvalue weighted by Gasteiger charge is -2.26. The summed E-state index contributed by atoms with van der Waals surface area (Å²) in [6, 6.07) is 52.6. The topological polar surface area (TPSA) is 13.1 Å². The quantitative estimate of drug-likeness (QED) is 0.207. The second-order valence-corrected chi connectivity index (χ2v) is 11.3. The molecule has 0 saturated carbocycles. The van der Waals surface area contributed by atoms with Crippen LogP contribution in [0.5, 0.6) is 0 Å². The molecule has 2 aromatic heterocycles. The number of benzene rings is 6. The highest BCUT2D eigenvalue weighted by Crippen LogP contribution is 2.42. The third-order valence-electron chi connectivity index (χ3n) is 8.45. The number of anilines is 3. The Morgan fingerprint density at radius 2 is 1.05 bits per heavy atom. The van der Waals surface area contributed by atoms with Gasteiger partial charge in [0.25, 0.3) is 0 Å². The molecule has 2 heterocycles. The predicted octanol–water partition coefficient (Wildman–Crippen LogP) is 10.8. The highest BCUT2D eigenvalue weighted by molar-refractivity contribution is 6.18. The molecule has 0 radical (unpaired) electrons. The van der Waals surface area contributed by atoms with E-state index in [1.54, 1.807) is 0 Å². The van der Waals surface area contributed by atoms with Gasteiger partial charge in [0, 0.05) is 50.8 Å². The van der Waals surface area contributed by atoms with Crippen LogP contribution < -0.4 is 4.90 Å².